The van der Waals surface area contributed by atoms with Crippen molar-refractivity contribution in [3.63, 3.8) is 0 Å². The molecular weight excluding hydrogens is 686 g/mol. The molecule has 0 radical (unpaired) electrons. The number of benzene rings is 5. The van der Waals surface area contributed by atoms with Crippen molar-refractivity contribution in [1.82, 2.24) is 0 Å². The molecule has 0 aliphatic carbocycles. The number of aromatic hydroxyl groups is 4. The van der Waals surface area contributed by atoms with Crippen LogP contribution < -0.4 is 18.9 Å². The fourth-order valence-corrected chi connectivity index (χ4v) is 6.09. The van der Waals surface area contributed by atoms with Gasteiger partial charge < -0.3 is 49.2 Å². The number of hydrogen-bond donors (Lipinski definition) is 5. The Hall–Kier alpha value is -6.54. The maximum atomic E-state index is 14.5. The zero-order chi connectivity index (χ0) is 36.8. The molecule has 2 heterocycles. The smallest absolute Gasteiger partial charge is 0.342 e. The van der Waals surface area contributed by atoms with E-state index in [2.05, 4.69) is 0 Å². The molecule has 14 heteroatoms. The fraction of sp³-hybridized carbons (Fsp3) is 0.158. The summed E-state index contributed by atoms with van der Waals surface area (Å²) in [4.78, 5) is 26.3. The Labute approximate surface area is 293 Å². The average Bonchev–Trinajstić information content (AvgIpc) is 3.11. The number of aliphatic hydroxyl groups is 1. The molecular formula is C38H28F2O12. The number of carbonyl (C=O) groups is 2. The summed E-state index contributed by atoms with van der Waals surface area (Å²) in [6, 6.07) is 17.6. The van der Waals surface area contributed by atoms with Crippen LogP contribution in [0.25, 0.3) is 11.1 Å². The molecule has 266 valence electrons. The molecule has 0 bridgehead atoms. The minimum atomic E-state index is -1.73. The number of rotatable bonds is 7. The maximum absolute atomic E-state index is 14.5. The number of Topliss-reactive ketones (excluding diaryl/α,β-unsaturated/α-hetero) is 1. The standard InChI is InChI=1S/C38H28F2O12/c1-48-29-11-18(3-8-26(29)43)36-32(16-49-38(47)23-10-17(2-7-25(23)42)22-6-5-20(39)13-24(22)40)50-28-9-4-19(12-30(28)51-36)37-35(46)34(45)33-27(44)14-21(41)15-31(33)52-37/h2-15,32,35-37,41-44,46H,16H2,1H3/t32-,35+,36-,37-/m0/s1. The van der Waals surface area contributed by atoms with Crippen LogP contribution in [0, 0.1) is 11.6 Å². The molecule has 4 atom stereocenters. The number of halogens is 2. The molecule has 5 N–H and O–H groups in total. The zero-order valence-corrected chi connectivity index (χ0v) is 26.9. The average molecular weight is 715 g/mol. The summed E-state index contributed by atoms with van der Waals surface area (Å²) in [6.45, 7) is -0.439. The first-order chi connectivity index (χ1) is 24.9. The number of aliphatic hydroxyl groups excluding tert-OH is 1. The molecule has 52 heavy (non-hydrogen) atoms. The summed E-state index contributed by atoms with van der Waals surface area (Å²) in [6.07, 6.45) is -5.06. The van der Waals surface area contributed by atoms with Crippen molar-refractivity contribution >= 4 is 11.8 Å². The third-order valence-electron chi connectivity index (χ3n) is 8.66. The number of methoxy groups -OCH3 is 1. The molecule has 2 aliphatic heterocycles. The first-order valence-corrected chi connectivity index (χ1v) is 15.7. The lowest BCUT2D eigenvalue weighted by Crippen LogP contribution is -2.38. The van der Waals surface area contributed by atoms with Gasteiger partial charge in [-0.25, -0.2) is 13.6 Å². The molecule has 2 aliphatic rings. The predicted octanol–water partition coefficient (Wildman–Crippen LogP) is 5.88. The molecule has 0 saturated carbocycles. The lowest BCUT2D eigenvalue weighted by Gasteiger charge is -2.35. The quantitative estimate of drug-likeness (QED) is 0.127. The third-order valence-corrected chi connectivity index (χ3v) is 8.66. The number of ether oxygens (including phenoxy) is 5. The highest BCUT2D eigenvalue weighted by atomic mass is 19.1. The van der Waals surface area contributed by atoms with Crippen LogP contribution in [0.1, 0.15) is 44.1 Å². The van der Waals surface area contributed by atoms with Crippen LogP contribution in [0.2, 0.25) is 0 Å². The van der Waals surface area contributed by atoms with Gasteiger partial charge >= 0.3 is 5.97 Å². The van der Waals surface area contributed by atoms with E-state index in [0.29, 0.717) is 11.6 Å². The lowest BCUT2D eigenvalue weighted by molar-refractivity contribution is -0.0260. The Morgan fingerprint density at radius 3 is 2.25 bits per heavy atom. The number of phenols is 4. The van der Waals surface area contributed by atoms with Crippen molar-refractivity contribution in [3.05, 3.63) is 119 Å². The summed E-state index contributed by atoms with van der Waals surface area (Å²) < 4.78 is 57.2. The highest BCUT2D eigenvalue weighted by Gasteiger charge is 2.41. The van der Waals surface area contributed by atoms with Crippen molar-refractivity contribution < 1.29 is 67.6 Å². The van der Waals surface area contributed by atoms with Crippen LogP contribution in [0.4, 0.5) is 8.78 Å². The Morgan fingerprint density at radius 2 is 1.48 bits per heavy atom. The van der Waals surface area contributed by atoms with E-state index in [9.17, 15) is 43.9 Å². The van der Waals surface area contributed by atoms with Gasteiger partial charge in [0.05, 0.1) is 7.11 Å². The number of fused-ring (bicyclic) bond motifs is 2. The summed E-state index contributed by atoms with van der Waals surface area (Å²) in [5, 5.41) is 51.7. The maximum Gasteiger partial charge on any atom is 0.342 e. The van der Waals surface area contributed by atoms with E-state index in [4.69, 9.17) is 23.7 Å². The van der Waals surface area contributed by atoms with Crippen LogP contribution >= 0.6 is 0 Å². The van der Waals surface area contributed by atoms with E-state index in [1.54, 1.807) is 0 Å². The number of hydrogen-bond acceptors (Lipinski definition) is 12. The topological polar surface area (TPSA) is 181 Å². The number of phenolic OH excluding ortho intramolecular Hbond substituents is 4. The highest BCUT2D eigenvalue weighted by Crippen LogP contribution is 2.46. The largest absolute Gasteiger partial charge is 0.508 e. The van der Waals surface area contributed by atoms with Crippen molar-refractivity contribution in [2.75, 3.05) is 13.7 Å². The van der Waals surface area contributed by atoms with Crippen molar-refractivity contribution in [3.8, 4) is 57.1 Å². The molecule has 5 aromatic rings. The molecule has 0 fully saturated rings. The number of esters is 1. The van der Waals surface area contributed by atoms with Crippen LogP contribution in [0.3, 0.4) is 0 Å². The second-order valence-electron chi connectivity index (χ2n) is 12.0. The molecule has 12 nitrogen and oxygen atoms in total. The third kappa shape index (κ3) is 6.20. The van der Waals surface area contributed by atoms with Gasteiger partial charge in [-0.15, -0.1) is 0 Å². The van der Waals surface area contributed by atoms with Crippen molar-refractivity contribution in [1.29, 1.82) is 0 Å². The lowest BCUT2D eigenvalue weighted by atomic mass is 9.92. The fourth-order valence-electron chi connectivity index (χ4n) is 6.09. The minimum Gasteiger partial charge on any atom is -0.508 e. The zero-order valence-electron chi connectivity index (χ0n) is 26.9. The Kier molecular flexibility index (Phi) is 8.68. The molecule has 7 rings (SSSR count). The first kappa shape index (κ1) is 33.9. The van der Waals surface area contributed by atoms with Gasteiger partial charge in [-0.2, -0.15) is 0 Å². The van der Waals surface area contributed by atoms with Gasteiger partial charge in [0.15, 0.2) is 47.4 Å². The van der Waals surface area contributed by atoms with Gasteiger partial charge in [0, 0.05) is 29.3 Å². The van der Waals surface area contributed by atoms with Crippen molar-refractivity contribution in [2.45, 2.75) is 24.4 Å². The SMILES string of the molecule is COc1cc([C@@H]2Oc3cc([C@@H]4Oc5cc(O)cc(O)c5C(=O)[C@H]4O)ccc3O[C@H]2COC(=O)c2cc(-c3ccc(F)cc3F)ccc2O)ccc1O. The van der Waals surface area contributed by atoms with Gasteiger partial charge in [0.1, 0.15) is 52.4 Å². The van der Waals surface area contributed by atoms with E-state index in [1.807, 2.05) is 0 Å². The van der Waals surface area contributed by atoms with Gasteiger partial charge in [-0.05, 0) is 59.7 Å². The second-order valence-corrected chi connectivity index (χ2v) is 12.0. The van der Waals surface area contributed by atoms with Gasteiger partial charge in [0.25, 0.3) is 0 Å². The Morgan fingerprint density at radius 1 is 0.750 bits per heavy atom. The van der Waals surface area contributed by atoms with E-state index < -0.39 is 65.9 Å². The predicted molar refractivity (Wildman–Crippen MR) is 176 cm³/mol. The molecule has 0 aromatic heterocycles. The van der Waals surface area contributed by atoms with Crippen LogP contribution in [0.5, 0.6) is 46.0 Å². The summed E-state index contributed by atoms with van der Waals surface area (Å²) in [5.41, 5.74) is 0.302. The monoisotopic (exact) mass is 714 g/mol. The summed E-state index contributed by atoms with van der Waals surface area (Å²) in [5.74, 6) is -4.70. The Bertz CT molecular complexity index is 2240. The van der Waals surface area contributed by atoms with Gasteiger partial charge in [-0.1, -0.05) is 18.2 Å². The van der Waals surface area contributed by atoms with Gasteiger partial charge in [0.2, 0.25) is 5.78 Å². The summed E-state index contributed by atoms with van der Waals surface area (Å²) in [7, 11) is 1.35. The summed E-state index contributed by atoms with van der Waals surface area (Å²) >= 11 is 0. The van der Waals surface area contributed by atoms with Crippen molar-refractivity contribution in [2.24, 2.45) is 0 Å². The highest BCUT2D eigenvalue weighted by molar-refractivity contribution is 6.05. The van der Waals surface area contributed by atoms with Crippen LogP contribution in [-0.4, -0.2) is 63.2 Å². The van der Waals surface area contributed by atoms with E-state index >= 15 is 0 Å². The van der Waals surface area contributed by atoms with Gasteiger partial charge in [-0.3, -0.25) is 4.79 Å². The van der Waals surface area contributed by atoms with Crippen LogP contribution in [0.15, 0.2) is 84.9 Å². The van der Waals surface area contributed by atoms with E-state index in [1.165, 1.54) is 67.8 Å². The number of carbonyl (C=O) groups excluding carboxylic acids is 2. The molecule has 0 saturated heterocycles. The van der Waals surface area contributed by atoms with E-state index in [0.717, 1.165) is 18.2 Å². The molecule has 0 amide bonds. The normalized spacial score (nSPS) is 19.0. The number of ketones is 1. The minimum absolute atomic E-state index is 0.00667. The van der Waals surface area contributed by atoms with Crippen LogP contribution in [-0.2, 0) is 4.74 Å². The molecule has 0 unspecified atom stereocenters. The molecule has 0 spiro atoms. The first-order valence-electron chi connectivity index (χ1n) is 15.7. The molecule has 5 aromatic carbocycles. The Balaban J connectivity index is 1.18. The second kappa shape index (κ2) is 13.3. The van der Waals surface area contributed by atoms with E-state index in [-0.39, 0.29) is 62.3 Å².